The van der Waals surface area contributed by atoms with Crippen LogP contribution in [0.5, 0.6) is 5.75 Å². The fraction of sp³-hybridized carbons (Fsp3) is 0.471. The second-order valence-corrected chi connectivity index (χ2v) is 5.71. The molecule has 0 aliphatic carbocycles. The van der Waals surface area contributed by atoms with Gasteiger partial charge in [-0.2, -0.15) is 5.26 Å². The first kappa shape index (κ1) is 16.4. The Morgan fingerprint density at radius 3 is 3.08 bits per heavy atom. The van der Waals surface area contributed by atoms with Crippen LogP contribution in [0.15, 0.2) is 24.5 Å². The Kier molecular flexibility index (Phi) is 5.08. The van der Waals surface area contributed by atoms with E-state index in [2.05, 4.69) is 28.1 Å². The zero-order valence-corrected chi connectivity index (χ0v) is 14.0. The van der Waals surface area contributed by atoms with E-state index in [1.165, 1.54) is 0 Å². The molecule has 7 nitrogen and oxygen atoms in total. The Bertz CT molecular complexity index is 737. The fourth-order valence-corrected chi connectivity index (χ4v) is 2.97. The zero-order valence-electron chi connectivity index (χ0n) is 14.0. The first-order valence-corrected chi connectivity index (χ1v) is 8.03. The Hall–Kier alpha value is -2.43. The highest BCUT2D eigenvalue weighted by Gasteiger charge is 2.26. The largest absolute Gasteiger partial charge is 0.496 e. The van der Waals surface area contributed by atoms with Crippen molar-refractivity contribution < 1.29 is 9.47 Å². The quantitative estimate of drug-likeness (QED) is 0.833. The van der Waals surface area contributed by atoms with Crippen LogP contribution in [-0.2, 0) is 17.8 Å². The molecule has 0 radical (unpaired) electrons. The van der Waals surface area contributed by atoms with E-state index in [0.29, 0.717) is 18.7 Å². The molecule has 0 saturated carbocycles. The van der Waals surface area contributed by atoms with Crippen molar-refractivity contribution in [3.63, 3.8) is 0 Å². The summed E-state index contributed by atoms with van der Waals surface area (Å²) < 4.78 is 13.3. The van der Waals surface area contributed by atoms with Crippen LogP contribution in [0.25, 0.3) is 0 Å². The number of aromatic nitrogens is 3. The summed E-state index contributed by atoms with van der Waals surface area (Å²) in [5, 5.41) is 17.3. The van der Waals surface area contributed by atoms with Gasteiger partial charge in [0.1, 0.15) is 18.2 Å². The molecule has 1 aromatic carbocycles. The van der Waals surface area contributed by atoms with E-state index in [4.69, 9.17) is 14.7 Å². The van der Waals surface area contributed by atoms with Crippen molar-refractivity contribution >= 4 is 0 Å². The number of hydrogen-bond donors (Lipinski definition) is 0. The molecule has 0 N–H and O–H groups in total. The van der Waals surface area contributed by atoms with Crippen LogP contribution in [0.1, 0.15) is 30.0 Å². The van der Waals surface area contributed by atoms with Gasteiger partial charge in [0.05, 0.1) is 25.3 Å². The van der Waals surface area contributed by atoms with E-state index >= 15 is 0 Å². The molecule has 0 amide bonds. The molecule has 1 aliphatic rings. The lowest BCUT2D eigenvalue weighted by atomic mass is 10.1. The first-order chi connectivity index (χ1) is 11.7. The van der Waals surface area contributed by atoms with Gasteiger partial charge in [-0.05, 0) is 25.1 Å². The van der Waals surface area contributed by atoms with E-state index in [9.17, 15) is 0 Å². The Labute approximate surface area is 141 Å². The van der Waals surface area contributed by atoms with Crippen LogP contribution < -0.4 is 4.74 Å². The number of morpholine rings is 1. The summed E-state index contributed by atoms with van der Waals surface area (Å²) >= 11 is 0. The normalized spacial score (nSPS) is 18.3. The predicted molar refractivity (Wildman–Crippen MR) is 87.4 cm³/mol. The topological polar surface area (TPSA) is 76.2 Å². The van der Waals surface area contributed by atoms with Crippen molar-refractivity contribution in [1.82, 2.24) is 19.7 Å². The Morgan fingerprint density at radius 2 is 2.33 bits per heavy atom. The zero-order chi connectivity index (χ0) is 16.9. The van der Waals surface area contributed by atoms with E-state index in [1.807, 2.05) is 16.7 Å². The van der Waals surface area contributed by atoms with Crippen molar-refractivity contribution in [2.75, 3.05) is 26.8 Å². The van der Waals surface area contributed by atoms with E-state index in [0.717, 1.165) is 36.8 Å². The average Bonchev–Trinajstić information content (AvgIpc) is 3.10. The lowest BCUT2D eigenvalue weighted by molar-refractivity contribution is -0.0390. The molecule has 1 aliphatic heterocycles. The summed E-state index contributed by atoms with van der Waals surface area (Å²) in [6, 6.07) is 7.69. The number of rotatable bonds is 5. The minimum atomic E-state index is -0.0913. The average molecular weight is 327 g/mol. The van der Waals surface area contributed by atoms with Crippen LogP contribution in [0, 0.1) is 11.3 Å². The molecule has 1 fully saturated rings. The molecule has 3 rings (SSSR count). The van der Waals surface area contributed by atoms with Gasteiger partial charge in [0.25, 0.3) is 0 Å². The molecule has 1 atom stereocenters. The van der Waals surface area contributed by atoms with Gasteiger partial charge in [-0.3, -0.25) is 4.90 Å². The number of hydrogen-bond acceptors (Lipinski definition) is 6. The molecule has 1 saturated heterocycles. The molecule has 7 heteroatoms. The number of benzene rings is 1. The second kappa shape index (κ2) is 7.43. The minimum Gasteiger partial charge on any atom is -0.496 e. The van der Waals surface area contributed by atoms with Gasteiger partial charge >= 0.3 is 0 Å². The number of methoxy groups -OCH3 is 1. The molecule has 0 bridgehead atoms. The molecule has 2 heterocycles. The highest BCUT2D eigenvalue weighted by atomic mass is 16.5. The molecule has 24 heavy (non-hydrogen) atoms. The predicted octanol–water partition coefficient (Wildman–Crippen LogP) is 1.75. The highest BCUT2D eigenvalue weighted by molar-refractivity contribution is 5.42. The summed E-state index contributed by atoms with van der Waals surface area (Å²) in [4.78, 5) is 2.29. The molecular weight excluding hydrogens is 306 g/mol. The summed E-state index contributed by atoms with van der Waals surface area (Å²) in [6.45, 7) is 5.79. The minimum absolute atomic E-state index is 0.0913. The molecular formula is C17H21N5O2. The fourth-order valence-electron chi connectivity index (χ4n) is 2.97. The standard InChI is InChI=1S/C17H21N5O2/c1-3-22-12-19-20-17(22)16-11-21(6-7-24-16)10-14-8-13(9-18)4-5-15(14)23-2/h4-5,8,12,16H,3,6-7,10-11H2,1-2H3. The van der Waals surface area contributed by atoms with Crippen molar-refractivity contribution in [2.45, 2.75) is 26.1 Å². The monoisotopic (exact) mass is 327 g/mol. The lowest BCUT2D eigenvalue weighted by Gasteiger charge is -2.32. The smallest absolute Gasteiger partial charge is 0.163 e. The van der Waals surface area contributed by atoms with Crippen LogP contribution in [0.3, 0.4) is 0 Å². The van der Waals surface area contributed by atoms with Gasteiger partial charge in [-0.25, -0.2) is 0 Å². The van der Waals surface area contributed by atoms with Gasteiger partial charge in [-0.15, -0.1) is 10.2 Å². The van der Waals surface area contributed by atoms with Gasteiger partial charge in [-0.1, -0.05) is 0 Å². The maximum Gasteiger partial charge on any atom is 0.163 e. The van der Waals surface area contributed by atoms with Crippen LogP contribution in [0.2, 0.25) is 0 Å². The second-order valence-electron chi connectivity index (χ2n) is 5.71. The first-order valence-electron chi connectivity index (χ1n) is 8.03. The molecule has 1 aromatic heterocycles. The molecule has 1 unspecified atom stereocenters. The highest BCUT2D eigenvalue weighted by Crippen LogP contribution is 2.25. The number of aryl methyl sites for hydroxylation is 1. The lowest BCUT2D eigenvalue weighted by Crippen LogP contribution is -2.38. The third-order valence-electron chi connectivity index (χ3n) is 4.23. The number of nitrogens with zero attached hydrogens (tertiary/aromatic N) is 5. The van der Waals surface area contributed by atoms with Crippen LogP contribution >= 0.6 is 0 Å². The van der Waals surface area contributed by atoms with Crippen molar-refractivity contribution in [1.29, 1.82) is 5.26 Å². The van der Waals surface area contributed by atoms with E-state index in [-0.39, 0.29) is 6.10 Å². The third kappa shape index (κ3) is 3.40. The van der Waals surface area contributed by atoms with Crippen LogP contribution in [-0.4, -0.2) is 46.5 Å². The van der Waals surface area contributed by atoms with Gasteiger partial charge < -0.3 is 14.0 Å². The summed E-state index contributed by atoms with van der Waals surface area (Å²) in [7, 11) is 1.65. The van der Waals surface area contributed by atoms with Crippen molar-refractivity contribution in [3.05, 3.63) is 41.5 Å². The van der Waals surface area contributed by atoms with Gasteiger partial charge in [0.15, 0.2) is 5.82 Å². The molecule has 2 aromatic rings. The number of ether oxygens (including phenoxy) is 2. The SMILES string of the molecule is CCn1cnnc1C1CN(Cc2cc(C#N)ccc2OC)CCO1. The van der Waals surface area contributed by atoms with Crippen LogP contribution in [0.4, 0.5) is 0 Å². The maximum absolute atomic E-state index is 9.11. The summed E-state index contributed by atoms with van der Waals surface area (Å²) in [5.41, 5.74) is 1.65. The third-order valence-corrected chi connectivity index (χ3v) is 4.23. The summed E-state index contributed by atoms with van der Waals surface area (Å²) in [6.07, 6.45) is 1.64. The molecule has 126 valence electrons. The van der Waals surface area contributed by atoms with Gasteiger partial charge in [0.2, 0.25) is 0 Å². The van der Waals surface area contributed by atoms with Crippen molar-refractivity contribution in [3.8, 4) is 11.8 Å². The Morgan fingerprint density at radius 1 is 1.46 bits per heavy atom. The van der Waals surface area contributed by atoms with Gasteiger partial charge in [0, 0.05) is 31.7 Å². The number of nitriles is 1. The maximum atomic E-state index is 9.11. The van der Waals surface area contributed by atoms with Crippen molar-refractivity contribution in [2.24, 2.45) is 0 Å². The summed E-state index contributed by atoms with van der Waals surface area (Å²) in [5.74, 6) is 1.66. The van der Waals surface area contributed by atoms with E-state index in [1.54, 1.807) is 19.5 Å². The van der Waals surface area contributed by atoms with E-state index < -0.39 is 0 Å². The molecule has 0 spiro atoms. The Balaban J connectivity index is 1.75.